The Bertz CT molecular complexity index is 730. The quantitative estimate of drug-likeness (QED) is 0.826. The summed E-state index contributed by atoms with van der Waals surface area (Å²) in [6, 6.07) is 10.8. The van der Waals surface area contributed by atoms with Crippen molar-refractivity contribution in [3.63, 3.8) is 0 Å². The average molecular weight is 379 g/mol. The molecule has 0 unspecified atom stereocenters. The van der Waals surface area contributed by atoms with Crippen LogP contribution >= 0.6 is 15.9 Å². The number of carbonyl (C=O) groups is 2. The second-order valence-electron chi connectivity index (χ2n) is 5.30. The fraction of sp³-hybridized carbons (Fsp3) is 0.176. The van der Waals surface area contributed by atoms with Crippen LogP contribution < -0.4 is 10.6 Å². The van der Waals surface area contributed by atoms with Crippen LogP contribution in [0.25, 0.3) is 0 Å². The van der Waals surface area contributed by atoms with Crippen molar-refractivity contribution in [2.45, 2.75) is 13.8 Å². The van der Waals surface area contributed by atoms with Crippen molar-refractivity contribution in [3.05, 3.63) is 58.3 Å². The molecule has 0 aliphatic carbocycles. The van der Waals surface area contributed by atoms with Gasteiger partial charge in [-0.05, 0) is 42.5 Å². The highest BCUT2D eigenvalue weighted by Gasteiger charge is 2.12. The second kappa shape index (κ2) is 7.37. The first-order valence-corrected chi connectivity index (χ1v) is 7.83. The van der Waals surface area contributed by atoms with Gasteiger partial charge in [-0.15, -0.1) is 0 Å². The van der Waals surface area contributed by atoms with Crippen LogP contribution in [0.2, 0.25) is 0 Å². The summed E-state index contributed by atoms with van der Waals surface area (Å²) in [7, 11) is 0. The van der Waals surface area contributed by atoms with E-state index in [-0.39, 0.29) is 17.4 Å². The molecule has 0 radical (unpaired) electrons. The van der Waals surface area contributed by atoms with E-state index >= 15 is 0 Å². The Labute approximate surface area is 142 Å². The third-order valence-corrected chi connectivity index (χ3v) is 3.60. The van der Waals surface area contributed by atoms with Crippen LogP contribution in [0.1, 0.15) is 24.2 Å². The van der Waals surface area contributed by atoms with E-state index in [0.29, 0.717) is 15.8 Å². The lowest BCUT2D eigenvalue weighted by Crippen LogP contribution is -2.17. The molecular formula is C17H16BrFN2O2. The van der Waals surface area contributed by atoms with Gasteiger partial charge in [-0.3, -0.25) is 9.59 Å². The Kier molecular flexibility index (Phi) is 5.50. The van der Waals surface area contributed by atoms with E-state index in [4.69, 9.17) is 0 Å². The van der Waals surface area contributed by atoms with E-state index in [2.05, 4.69) is 26.6 Å². The molecule has 2 aromatic rings. The SMILES string of the molecule is CC(C)C(=O)Nc1ccc(NC(=O)c2cc(Br)ccc2F)cc1. The van der Waals surface area contributed by atoms with Crippen molar-refractivity contribution in [1.82, 2.24) is 0 Å². The van der Waals surface area contributed by atoms with Crippen molar-refractivity contribution >= 4 is 39.1 Å². The minimum Gasteiger partial charge on any atom is -0.326 e. The lowest BCUT2D eigenvalue weighted by Gasteiger charge is -2.10. The minimum atomic E-state index is -0.591. The summed E-state index contributed by atoms with van der Waals surface area (Å²) in [4.78, 5) is 23.7. The minimum absolute atomic E-state index is 0.0448. The smallest absolute Gasteiger partial charge is 0.258 e. The zero-order valence-electron chi connectivity index (χ0n) is 12.7. The van der Waals surface area contributed by atoms with Crippen molar-refractivity contribution in [2.75, 3.05) is 10.6 Å². The van der Waals surface area contributed by atoms with Gasteiger partial charge in [0.1, 0.15) is 5.82 Å². The Morgan fingerprint density at radius 3 is 2.13 bits per heavy atom. The standard InChI is InChI=1S/C17H16BrFN2O2/c1-10(2)16(22)20-12-4-6-13(7-5-12)21-17(23)14-9-11(18)3-8-15(14)19/h3-10H,1-2H3,(H,20,22)(H,21,23). The summed E-state index contributed by atoms with van der Waals surface area (Å²) >= 11 is 3.21. The van der Waals surface area contributed by atoms with Crippen LogP contribution in [0.3, 0.4) is 0 Å². The largest absolute Gasteiger partial charge is 0.326 e. The molecular weight excluding hydrogens is 363 g/mol. The highest BCUT2D eigenvalue weighted by molar-refractivity contribution is 9.10. The van der Waals surface area contributed by atoms with Gasteiger partial charge in [0.15, 0.2) is 0 Å². The Hall–Kier alpha value is -2.21. The van der Waals surface area contributed by atoms with E-state index < -0.39 is 11.7 Å². The Morgan fingerprint density at radius 1 is 1.00 bits per heavy atom. The van der Waals surface area contributed by atoms with Crippen LogP contribution in [0, 0.1) is 11.7 Å². The summed E-state index contributed by atoms with van der Waals surface area (Å²) in [6.07, 6.45) is 0. The van der Waals surface area contributed by atoms with Crippen LogP contribution in [-0.2, 0) is 4.79 Å². The molecule has 2 amide bonds. The van der Waals surface area contributed by atoms with Crippen molar-refractivity contribution in [3.8, 4) is 0 Å². The molecule has 0 fully saturated rings. The molecule has 0 aromatic heterocycles. The number of rotatable bonds is 4. The first-order valence-electron chi connectivity index (χ1n) is 7.04. The molecule has 4 nitrogen and oxygen atoms in total. The van der Waals surface area contributed by atoms with Gasteiger partial charge in [-0.25, -0.2) is 4.39 Å². The molecule has 6 heteroatoms. The molecule has 0 heterocycles. The second-order valence-corrected chi connectivity index (χ2v) is 6.22. The van der Waals surface area contributed by atoms with E-state index in [1.807, 2.05) is 0 Å². The normalized spacial score (nSPS) is 10.5. The van der Waals surface area contributed by atoms with Gasteiger partial charge in [0.05, 0.1) is 5.56 Å². The summed E-state index contributed by atoms with van der Waals surface area (Å²) in [6.45, 7) is 3.60. The van der Waals surface area contributed by atoms with Gasteiger partial charge in [0.2, 0.25) is 5.91 Å². The molecule has 0 atom stereocenters. The van der Waals surface area contributed by atoms with Crippen LogP contribution in [0.4, 0.5) is 15.8 Å². The van der Waals surface area contributed by atoms with E-state index in [1.165, 1.54) is 18.2 Å². The number of nitrogens with one attached hydrogen (secondary N) is 2. The first kappa shape index (κ1) is 17.1. The summed E-state index contributed by atoms with van der Waals surface area (Å²) in [5, 5.41) is 5.37. The molecule has 0 saturated heterocycles. The van der Waals surface area contributed by atoms with Crippen LogP contribution in [0.15, 0.2) is 46.9 Å². The van der Waals surface area contributed by atoms with Crippen molar-refractivity contribution in [2.24, 2.45) is 5.92 Å². The summed E-state index contributed by atoms with van der Waals surface area (Å²) < 4.78 is 14.3. The monoisotopic (exact) mass is 378 g/mol. The number of benzene rings is 2. The van der Waals surface area contributed by atoms with Crippen molar-refractivity contribution < 1.29 is 14.0 Å². The lowest BCUT2D eigenvalue weighted by atomic mass is 10.2. The summed E-state index contributed by atoms with van der Waals surface area (Å²) in [5.41, 5.74) is 1.10. The zero-order chi connectivity index (χ0) is 17.0. The fourth-order valence-electron chi connectivity index (χ4n) is 1.79. The topological polar surface area (TPSA) is 58.2 Å². The van der Waals surface area contributed by atoms with Gasteiger partial charge in [-0.1, -0.05) is 29.8 Å². The molecule has 0 aliphatic rings. The maximum Gasteiger partial charge on any atom is 0.258 e. The molecule has 0 bridgehead atoms. The molecule has 0 aliphatic heterocycles. The maximum atomic E-state index is 13.7. The molecule has 23 heavy (non-hydrogen) atoms. The number of halogens is 2. The van der Waals surface area contributed by atoms with Gasteiger partial charge in [0, 0.05) is 21.8 Å². The van der Waals surface area contributed by atoms with Gasteiger partial charge in [0.25, 0.3) is 5.91 Å². The van der Waals surface area contributed by atoms with E-state index in [1.54, 1.807) is 38.1 Å². The lowest BCUT2D eigenvalue weighted by molar-refractivity contribution is -0.118. The number of amides is 2. The number of carbonyl (C=O) groups excluding carboxylic acids is 2. The van der Waals surface area contributed by atoms with Crippen LogP contribution in [-0.4, -0.2) is 11.8 Å². The molecule has 0 spiro atoms. The fourth-order valence-corrected chi connectivity index (χ4v) is 2.15. The Balaban J connectivity index is 2.07. The highest BCUT2D eigenvalue weighted by Crippen LogP contribution is 2.19. The van der Waals surface area contributed by atoms with E-state index in [9.17, 15) is 14.0 Å². The molecule has 0 saturated carbocycles. The third-order valence-electron chi connectivity index (χ3n) is 3.11. The number of anilines is 2. The maximum absolute atomic E-state index is 13.7. The van der Waals surface area contributed by atoms with E-state index in [0.717, 1.165) is 0 Å². The molecule has 120 valence electrons. The molecule has 2 rings (SSSR count). The predicted molar refractivity (Wildman–Crippen MR) is 92.0 cm³/mol. The Morgan fingerprint density at radius 2 is 1.57 bits per heavy atom. The third kappa shape index (κ3) is 4.63. The molecule has 2 aromatic carbocycles. The average Bonchev–Trinajstić information content (AvgIpc) is 2.51. The zero-order valence-corrected chi connectivity index (χ0v) is 14.3. The van der Waals surface area contributed by atoms with Crippen LogP contribution in [0.5, 0.6) is 0 Å². The number of hydrogen-bond acceptors (Lipinski definition) is 2. The van der Waals surface area contributed by atoms with Crippen molar-refractivity contribution in [1.29, 1.82) is 0 Å². The highest BCUT2D eigenvalue weighted by atomic mass is 79.9. The molecule has 2 N–H and O–H groups in total. The first-order chi connectivity index (χ1) is 10.9. The number of hydrogen-bond donors (Lipinski definition) is 2. The van der Waals surface area contributed by atoms with Gasteiger partial charge < -0.3 is 10.6 Å². The summed E-state index contributed by atoms with van der Waals surface area (Å²) in [5.74, 6) is -1.33. The van der Waals surface area contributed by atoms with Gasteiger partial charge >= 0.3 is 0 Å². The van der Waals surface area contributed by atoms with Gasteiger partial charge in [-0.2, -0.15) is 0 Å². The predicted octanol–water partition coefficient (Wildman–Crippen LogP) is 4.44.